The predicted molar refractivity (Wildman–Crippen MR) is 88.8 cm³/mol. The molecule has 3 unspecified atom stereocenters. The monoisotopic (exact) mass is 340 g/mol. The number of halogens is 3. The molecule has 2 heterocycles. The van der Waals surface area contributed by atoms with Gasteiger partial charge in [-0.2, -0.15) is 18.3 Å². The minimum absolute atomic E-state index is 0.00998. The number of nitrogens with two attached hydrogens (primary N) is 1. The molecule has 3 rings (SSSR count). The number of hydrazone groups is 1. The van der Waals surface area contributed by atoms with Crippen molar-refractivity contribution in [2.45, 2.75) is 50.5 Å². The first-order chi connectivity index (χ1) is 11.4. The lowest BCUT2D eigenvalue weighted by molar-refractivity contribution is -0.0622. The average molecular weight is 340 g/mol. The van der Waals surface area contributed by atoms with Crippen molar-refractivity contribution in [2.75, 3.05) is 11.6 Å². The van der Waals surface area contributed by atoms with E-state index >= 15 is 0 Å². The number of benzene rings is 1. The third kappa shape index (κ3) is 4.08. The van der Waals surface area contributed by atoms with Crippen LogP contribution in [0.5, 0.6) is 0 Å². The fourth-order valence-electron chi connectivity index (χ4n) is 3.54. The highest BCUT2D eigenvalue weighted by Gasteiger charge is 2.46. The second-order valence-electron chi connectivity index (χ2n) is 6.59. The lowest BCUT2D eigenvalue weighted by Crippen LogP contribution is -2.44. The van der Waals surface area contributed by atoms with Gasteiger partial charge in [-0.1, -0.05) is 31.0 Å². The van der Waals surface area contributed by atoms with Crippen molar-refractivity contribution in [3.63, 3.8) is 0 Å². The molecule has 0 aromatic heterocycles. The molecule has 7 heteroatoms. The lowest BCUT2D eigenvalue weighted by Gasteiger charge is -2.24. The largest absolute Gasteiger partial charge is 0.431 e. The molecule has 2 aliphatic rings. The highest BCUT2D eigenvalue weighted by Crippen LogP contribution is 2.33. The van der Waals surface area contributed by atoms with Gasteiger partial charge in [0.1, 0.15) is 5.71 Å². The van der Waals surface area contributed by atoms with Gasteiger partial charge >= 0.3 is 6.18 Å². The van der Waals surface area contributed by atoms with Crippen LogP contribution in [0.15, 0.2) is 35.4 Å². The van der Waals surface area contributed by atoms with E-state index < -0.39 is 17.8 Å². The first-order valence-corrected chi connectivity index (χ1v) is 8.43. The molecule has 132 valence electrons. The van der Waals surface area contributed by atoms with E-state index in [0.717, 1.165) is 25.7 Å². The van der Waals surface area contributed by atoms with E-state index in [9.17, 15) is 13.2 Å². The lowest BCUT2D eigenvalue weighted by atomic mass is 9.93. The second-order valence-corrected chi connectivity index (χ2v) is 6.59. The zero-order valence-corrected chi connectivity index (χ0v) is 13.5. The van der Waals surface area contributed by atoms with Crippen LogP contribution in [-0.2, 0) is 0 Å². The minimum atomic E-state index is -4.40. The first-order valence-electron chi connectivity index (χ1n) is 8.43. The summed E-state index contributed by atoms with van der Waals surface area (Å²) in [5.41, 5.74) is 5.98. The Labute approximate surface area is 139 Å². The van der Waals surface area contributed by atoms with Crippen LogP contribution in [0.2, 0.25) is 0 Å². The van der Waals surface area contributed by atoms with Crippen LogP contribution < -0.4 is 16.1 Å². The van der Waals surface area contributed by atoms with E-state index in [4.69, 9.17) is 5.73 Å². The van der Waals surface area contributed by atoms with Gasteiger partial charge in [-0.05, 0) is 31.4 Å². The van der Waals surface area contributed by atoms with Crippen LogP contribution in [0.3, 0.4) is 0 Å². The molecule has 2 aliphatic heterocycles. The number of para-hydroxylation sites is 1. The number of hydrogen-bond acceptors (Lipinski definition) is 4. The van der Waals surface area contributed by atoms with Crippen LogP contribution in [0, 0.1) is 5.92 Å². The van der Waals surface area contributed by atoms with Gasteiger partial charge in [0, 0.05) is 12.0 Å². The number of anilines is 1. The summed E-state index contributed by atoms with van der Waals surface area (Å²) in [6.07, 6.45) is -0.366. The van der Waals surface area contributed by atoms with Gasteiger partial charge in [0.05, 0.1) is 18.4 Å². The molecule has 0 spiro atoms. The standard InChI is InChI=1S/C17H23F3N4/c18-17(19,20)16-12(10-13-6-4-5-9-15(21)22-13)11-24(23-16)14-7-2-1-3-8-14/h1-3,7-8,12-13,15,22H,4-6,9-11,21H2. The van der Waals surface area contributed by atoms with Gasteiger partial charge in [-0.3, -0.25) is 10.3 Å². The molecule has 1 fully saturated rings. The van der Waals surface area contributed by atoms with E-state index in [1.54, 1.807) is 24.3 Å². The molecular formula is C17H23F3N4. The van der Waals surface area contributed by atoms with Crippen LogP contribution in [0.4, 0.5) is 18.9 Å². The van der Waals surface area contributed by atoms with E-state index in [0.29, 0.717) is 12.1 Å². The summed E-state index contributed by atoms with van der Waals surface area (Å²) in [6, 6.07) is 9.01. The fraction of sp³-hybridized carbons (Fsp3) is 0.588. The highest BCUT2D eigenvalue weighted by molar-refractivity contribution is 5.94. The molecular weight excluding hydrogens is 317 g/mol. The normalized spacial score (nSPS) is 28.6. The summed E-state index contributed by atoms with van der Waals surface area (Å²) in [7, 11) is 0. The van der Waals surface area contributed by atoms with E-state index in [2.05, 4.69) is 10.4 Å². The molecule has 3 atom stereocenters. The van der Waals surface area contributed by atoms with Crippen molar-refractivity contribution in [2.24, 2.45) is 16.8 Å². The Morgan fingerprint density at radius 3 is 2.58 bits per heavy atom. The van der Waals surface area contributed by atoms with Crippen molar-refractivity contribution in [3.8, 4) is 0 Å². The topological polar surface area (TPSA) is 53.6 Å². The van der Waals surface area contributed by atoms with Gasteiger partial charge in [0.25, 0.3) is 0 Å². The molecule has 1 aromatic rings. The molecule has 24 heavy (non-hydrogen) atoms. The van der Waals surface area contributed by atoms with Crippen LogP contribution >= 0.6 is 0 Å². The molecule has 3 N–H and O–H groups in total. The van der Waals surface area contributed by atoms with Gasteiger partial charge in [-0.25, -0.2) is 0 Å². The molecule has 4 nitrogen and oxygen atoms in total. The first kappa shape index (κ1) is 17.2. The Morgan fingerprint density at radius 2 is 1.88 bits per heavy atom. The Bertz CT molecular complexity index is 573. The number of rotatable bonds is 3. The third-order valence-corrected chi connectivity index (χ3v) is 4.69. The smallest absolute Gasteiger partial charge is 0.316 e. The van der Waals surface area contributed by atoms with Crippen molar-refractivity contribution >= 4 is 11.4 Å². The summed E-state index contributed by atoms with van der Waals surface area (Å²) in [6.45, 7) is 0.256. The number of hydrogen-bond donors (Lipinski definition) is 2. The quantitative estimate of drug-likeness (QED) is 0.888. The maximum absolute atomic E-state index is 13.4. The van der Waals surface area contributed by atoms with Crippen molar-refractivity contribution in [3.05, 3.63) is 30.3 Å². The van der Waals surface area contributed by atoms with E-state index in [1.165, 1.54) is 5.01 Å². The Kier molecular flexibility index (Phi) is 5.10. The number of alkyl halides is 3. The molecule has 0 saturated carbocycles. The predicted octanol–water partition coefficient (Wildman–Crippen LogP) is 3.25. The summed E-state index contributed by atoms with van der Waals surface area (Å²) in [5.74, 6) is -0.631. The fourth-order valence-corrected chi connectivity index (χ4v) is 3.54. The molecule has 0 aliphatic carbocycles. The molecule has 0 bridgehead atoms. The van der Waals surface area contributed by atoms with Crippen LogP contribution in [0.25, 0.3) is 0 Å². The van der Waals surface area contributed by atoms with Crippen LogP contribution in [-0.4, -0.2) is 30.6 Å². The zero-order valence-electron chi connectivity index (χ0n) is 13.5. The maximum atomic E-state index is 13.4. The van der Waals surface area contributed by atoms with E-state index in [-0.39, 0.29) is 18.8 Å². The summed E-state index contributed by atoms with van der Waals surface area (Å²) >= 11 is 0. The molecule has 1 aromatic carbocycles. The molecule has 0 radical (unpaired) electrons. The van der Waals surface area contributed by atoms with Crippen molar-refractivity contribution in [1.82, 2.24) is 5.32 Å². The minimum Gasteiger partial charge on any atom is -0.316 e. The van der Waals surface area contributed by atoms with Gasteiger partial charge < -0.3 is 5.73 Å². The van der Waals surface area contributed by atoms with Crippen LogP contribution in [0.1, 0.15) is 32.1 Å². The number of nitrogens with one attached hydrogen (secondary N) is 1. The van der Waals surface area contributed by atoms with Gasteiger partial charge in [0.2, 0.25) is 0 Å². The second kappa shape index (κ2) is 7.11. The average Bonchev–Trinajstić information content (AvgIpc) is 2.85. The summed E-state index contributed by atoms with van der Waals surface area (Å²) in [4.78, 5) is 0. The summed E-state index contributed by atoms with van der Waals surface area (Å²) < 4.78 is 40.2. The highest BCUT2D eigenvalue weighted by atomic mass is 19.4. The van der Waals surface area contributed by atoms with Crippen molar-refractivity contribution < 1.29 is 13.2 Å². The van der Waals surface area contributed by atoms with Gasteiger partial charge in [0.15, 0.2) is 0 Å². The molecule has 1 saturated heterocycles. The summed E-state index contributed by atoms with van der Waals surface area (Å²) in [5, 5.41) is 8.62. The maximum Gasteiger partial charge on any atom is 0.431 e. The third-order valence-electron chi connectivity index (χ3n) is 4.69. The Morgan fingerprint density at radius 1 is 1.17 bits per heavy atom. The van der Waals surface area contributed by atoms with E-state index in [1.807, 2.05) is 6.07 Å². The Hall–Kier alpha value is -1.60. The van der Waals surface area contributed by atoms with Crippen molar-refractivity contribution in [1.29, 1.82) is 0 Å². The SMILES string of the molecule is NC1CCCCC(CC2CN(c3ccccc3)N=C2C(F)(F)F)N1. The zero-order chi connectivity index (χ0) is 17.2. The Balaban J connectivity index is 1.75. The van der Waals surface area contributed by atoms with Gasteiger partial charge in [-0.15, -0.1) is 0 Å². The molecule has 0 amide bonds. The number of nitrogens with zero attached hydrogens (tertiary/aromatic N) is 2.